The number of aromatic nitrogens is 4. The van der Waals surface area contributed by atoms with Gasteiger partial charge in [-0.05, 0) is 12.1 Å². The molecule has 5 rings (SSSR count). The van der Waals surface area contributed by atoms with Gasteiger partial charge in [-0.2, -0.15) is 0 Å². The highest BCUT2D eigenvalue weighted by Gasteiger charge is 2.16. The van der Waals surface area contributed by atoms with Gasteiger partial charge in [0.1, 0.15) is 0 Å². The minimum atomic E-state index is 0.516. The summed E-state index contributed by atoms with van der Waals surface area (Å²) < 4.78 is 5.93. The zero-order chi connectivity index (χ0) is 15.2. The molecule has 0 saturated heterocycles. The predicted octanol–water partition coefficient (Wildman–Crippen LogP) is 4.37. The zero-order valence-electron chi connectivity index (χ0n) is 12.1. The lowest BCUT2D eigenvalue weighted by Gasteiger charge is -1.93. The molecular formula is C18H12N4O. The molecule has 0 saturated carbocycles. The first-order chi connectivity index (χ1) is 11.4. The quantitative estimate of drug-likeness (QED) is 0.508. The van der Waals surface area contributed by atoms with Crippen molar-refractivity contribution in [3.05, 3.63) is 60.9 Å². The van der Waals surface area contributed by atoms with Gasteiger partial charge in [-0.3, -0.25) is 0 Å². The summed E-state index contributed by atoms with van der Waals surface area (Å²) in [6, 6.07) is 16.1. The molecule has 0 radical (unpaired) electrons. The van der Waals surface area contributed by atoms with E-state index in [1.807, 2.05) is 60.9 Å². The van der Waals surface area contributed by atoms with Crippen LogP contribution < -0.4 is 0 Å². The Kier molecular flexibility index (Phi) is 2.43. The third-order valence-corrected chi connectivity index (χ3v) is 4.06. The summed E-state index contributed by atoms with van der Waals surface area (Å²) >= 11 is 0. The SMILES string of the molecule is c1ccc2c(-c3nnc(-c4c[nH]c5ccccc45)o3)c[nH]c2c1. The molecule has 2 aromatic carbocycles. The molecule has 0 unspecified atom stereocenters. The van der Waals surface area contributed by atoms with E-state index in [-0.39, 0.29) is 0 Å². The number of hydrogen-bond donors (Lipinski definition) is 2. The Morgan fingerprint density at radius 1 is 0.652 bits per heavy atom. The number of benzene rings is 2. The van der Waals surface area contributed by atoms with Crippen LogP contribution in [-0.4, -0.2) is 20.2 Å². The fourth-order valence-electron chi connectivity index (χ4n) is 2.94. The van der Waals surface area contributed by atoms with Gasteiger partial charge in [0.25, 0.3) is 0 Å². The van der Waals surface area contributed by atoms with Crippen molar-refractivity contribution >= 4 is 21.8 Å². The number of nitrogens with one attached hydrogen (secondary N) is 2. The van der Waals surface area contributed by atoms with E-state index in [4.69, 9.17) is 4.42 Å². The van der Waals surface area contributed by atoms with Gasteiger partial charge in [0, 0.05) is 34.2 Å². The molecule has 0 spiro atoms. The van der Waals surface area contributed by atoms with Crippen molar-refractivity contribution in [2.24, 2.45) is 0 Å². The van der Waals surface area contributed by atoms with Crippen molar-refractivity contribution in [2.45, 2.75) is 0 Å². The summed E-state index contributed by atoms with van der Waals surface area (Å²) in [4.78, 5) is 6.45. The second-order valence-electron chi connectivity index (χ2n) is 5.41. The smallest absolute Gasteiger partial charge is 0.250 e. The minimum absolute atomic E-state index is 0.516. The minimum Gasteiger partial charge on any atom is -0.416 e. The van der Waals surface area contributed by atoms with E-state index in [1.54, 1.807) is 0 Å². The number of para-hydroxylation sites is 2. The summed E-state index contributed by atoms with van der Waals surface area (Å²) in [7, 11) is 0. The van der Waals surface area contributed by atoms with Crippen molar-refractivity contribution in [3.63, 3.8) is 0 Å². The van der Waals surface area contributed by atoms with Crippen LogP contribution in [-0.2, 0) is 0 Å². The third kappa shape index (κ3) is 1.80. The average Bonchev–Trinajstić information content (AvgIpc) is 3.31. The molecular weight excluding hydrogens is 288 g/mol. The average molecular weight is 300 g/mol. The Morgan fingerprint density at radius 3 is 1.65 bits per heavy atom. The number of H-pyrrole nitrogens is 2. The molecule has 5 heteroatoms. The van der Waals surface area contributed by atoms with E-state index in [0.29, 0.717) is 11.8 Å². The Morgan fingerprint density at radius 2 is 1.13 bits per heavy atom. The van der Waals surface area contributed by atoms with E-state index >= 15 is 0 Å². The molecule has 0 aliphatic rings. The summed E-state index contributed by atoms with van der Waals surface area (Å²) in [5.41, 5.74) is 3.93. The van der Waals surface area contributed by atoms with Crippen LogP contribution in [0.3, 0.4) is 0 Å². The molecule has 0 atom stereocenters. The maximum Gasteiger partial charge on any atom is 0.250 e. The largest absolute Gasteiger partial charge is 0.416 e. The van der Waals surface area contributed by atoms with Crippen molar-refractivity contribution in [2.75, 3.05) is 0 Å². The molecule has 0 bridgehead atoms. The van der Waals surface area contributed by atoms with E-state index in [9.17, 15) is 0 Å². The first kappa shape index (κ1) is 12.2. The van der Waals surface area contributed by atoms with Gasteiger partial charge >= 0.3 is 0 Å². The fraction of sp³-hybridized carbons (Fsp3) is 0. The van der Waals surface area contributed by atoms with E-state index in [2.05, 4.69) is 20.2 Å². The van der Waals surface area contributed by atoms with Crippen LogP contribution in [0.25, 0.3) is 44.7 Å². The third-order valence-electron chi connectivity index (χ3n) is 4.06. The number of rotatable bonds is 2. The number of hydrogen-bond acceptors (Lipinski definition) is 3. The lowest BCUT2D eigenvalue weighted by Crippen LogP contribution is -1.75. The molecule has 3 aromatic heterocycles. The van der Waals surface area contributed by atoms with Crippen LogP contribution in [0.5, 0.6) is 0 Å². The van der Waals surface area contributed by atoms with Crippen molar-refractivity contribution in [1.82, 2.24) is 20.2 Å². The second kappa shape index (κ2) is 4.58. The van der Waals surface area contributed by atoms with Gasteiger partial charge in [-0.1, -0.05) is 36.4 Å². The molecule has 2 N–H and O–H groups in total. The normalized spacial score (nSPS) is 11.5. The van der Waals surface area contributed by atoms with E-state index in [1.165, 1.54) is 0 Å². The zero-order valence-corrected chi connectivity index (χ0v) is 12.1. The number of nitrogens with zero attached hydrogens (tertiary/aromatic N) is 2. The fourth-order valence-corrected chi connectivity index (χ4v) is 2.94. The summed E-state index contributed by atoms with van der Waals surface area (Å²) in [5.74, 6) is 1.03. The van der Waals surface area contributed by atoms with E-state index < -0.39 is 0 Å². The van der Waals surface area contributed by atoms with Gasteiger partial charge in [0.2, 0.25) is 11.8 Å². The van der Waals surface area contributed by atoms with Crippen LogP contribution in [0, 0.1) is 0 Å². The highest BCUT2D eigenvalue weighted by molar-refractivity contribution is 5.95. The van der Waals surface area contributed by atoms with Crippen LogP contribution in [0.1, 0.15) is 0 Å². The van der Waals surface area contributed by atoms with Gasteiger partial charge in [-0.15, -0.1) is 10.2 Å². The molecule has 0 amide bonds. The van der Waals surface area contributed by atoms with Crippen LogP contribution in [0.4, 0.5) is 0 Å². The molecule has 0 fully saturated rings. The maximum atomic E-state index is 5.93. The Hall–Kier alpha value is -3.34. The lowest BCUT2D eigenvalue weighted by molar-refractivity contribution is 0.586. The van der Waals surface area contributed by atoms with Gasteiger partial charge in [0.05, 0.1) is 11.1 Å². The van der Waals surface area contributed by atoms with Crippen LogP contribution >= 0.6 is 0 Å². The summed E-state index contributed by atoms with van der Waals surface area (Å²) in [5, 5.41) is 10.6. The molecule has 3 heterocycles. The first-order valence-electron chi connectivity index (χ1n) is 7.36. The highest BCUT2D eigenvalue weighted by atomic mass is 16.4. The monoisotopic (exact) mass is 300 g/mol. The van der Waals surface area contributed by atoms with Crippen LogP contribution in [0.2, 0.25) is 0 Å². The second-order valence-corrected chi connectivity index (χ2v) is 5.41. The Labute approximate surface area is 131 Å². The molecule has 5 nitrogen and oxygen atoms in total. The summed E-state index contributed by atoms with van der Waals surface area (Å²) in [6.07, 6.45) is 3.80. The molecule has 0 aliphatic heterocycles. The summed E-state index contributed by atoms with van der Waals surface area (Å²) in [6.45, 7) is 0. The lowest BCUT2D eigenvalue weighted by atomic mass is 10.2. The Bertz CT molecular complexity index is 1040. The number of aromatic amines is 2. The van der Waals surface area contributed by atoms with Gasteiger partial charge in [0.15, 0.2) is 0 Å². The van der Waals surface area contributed by atoms with Gasteiger partial charge < -0.3 is 14.4 Å². The molecule has 23 heavy (non-hydrogen) atoms. The molecule has 0 aliphatic carbocycles. The predicted molar refractivity (Wildman–Crippen MR) is 88.9 cm³/mol. The standard InChI is InChI=1S/C18H12N4O/c1-3-7-15-11(5-1)13(9-19-15)17-21-22-18(23-17)14-10-20-16-8-4-2-6-12(14)16/h1-10,19-20H. The van der Waals surface area contributed by atoms with Gasteiger partial charge in [-0.25, -0.2) is 0 Å². The van der Waals surface area contributed by atoms with E-state index in [0.717, 1.165) is 32.9 Å². The molecule has 5 aromatic rings. The first-order valence-corrected chi connectivity index (χ1v) is 7.36. The van der Waals surface area contributed by atoms with Crippen molar-refractivity contribution in [3.8, 4) is 22.9 Å². The topological polar surface area (TPSA) is 70.5 Å². The Balaban J connectivity index is 1.66. The van der Waals surface area contributed by atoms with Crippen LogP contribution in [0.15, 0.2) is 65.3 Å². The highest BCUT2D eigenvalue weighted by Crippen LogP contribution is 2.32. The number of fused-ring (bicyclic) bond motifs is 2. The van der Waals surface area contributed by atoms with Crippen molar-refractivity contribution in [1.29, 1.82) is 0 Å². The van der Waals surface area contributed by atoms with Crippen molar-refractivity contribution < 1.29 is 4.42 Å². The maximum absolute atomic E-state index is 5.93. The molecule has 110 valence electrons.